The number of nitriles is 1. The van der Waals surface area contributed by atoms with Crippen molar-refractivity contribution in [3.63, 3.8) is 0 Å². The molecule has 0 aliphatic heterocycles. The van der Waals surface area contributed by atoms with Crippen molar-refractivity contribution in [3.8, 4) is 6.07 Å². The van der Waals surface area contributed by atoms with E-state index < -0.39 is 0 Å². The first kappa shape index (κ1) is 9.52. The molecule has 1 aromatic carbocycles. The van der Waals surface area contributed by atoms with E-state index >= 15 is 0 Å². The van der Waals surface area contributed by atoms with Crippen molar-refractivity contribution < 1.29 is 0 Å². The van der Waals surface area contributed by atoms with Crippen LogP contribution in [0.1, 0.15) is 5.56 Å². The average Bonchev–Trinajstić information content (AvgIpc) is 2.74. The van der Waals surface area contributed by atoms with E-state index in [1.807, 2.05) is 18.2 Å². The van der Waals surface area contributed by atoms with Crippen LogP contribution in [-0.4, -0.2) is 9.97 Å². The number of fused-ring (bicyclic) bond motifs is 2. The molecule has 0 fully saturated rings. The molecule has 0 saturated carbocycles. The molecule has 2 heterocycles. The topological polar surface area (TPSA) is 49.6 Å². The summed E-state index contributed by atoms with van der Waals surface area (Å²) in [7, 11) is 0. The van der Waals surface area contributed by atoms with Crippen molar-refractivity contribution >= 4 is 44.1 Å². The summed E-state index contributed by atoms with van der Waals surface area (Å²) >= 11 is 7.68. The third-order valence-corrected chi connectivity index (χ3v) is 3.57. The predicted molar refractivity (Wildman–Crippen MR) is 64.6 cm³/mol. The number of nitrogens with zero attached hydrogens (tertiary/aromatic N) is 3. The van der Waals surface area contributed by atoms with E-state index in [0.29, 0.717) is 10.6 Å². The van der Waals surface area contributed by atoms with E-state index in [0.717, 1.165) is 21.1 Å². The lowest BCUT2D eigenvalue weighted by molar-refractivity contribution is 1.37. The SMILES string of the molecule is N#Cc1cnc2cc3scnc3cc2c1Cl. The van der Waals surface area contributed by atoms with Gasteiger partial charge in [0.15, 0.2) is 0 Å². The van der Waals surface area contributed by atoms with E-state index in [1.54, 1.807) is 16.8 Å². The smallest absolute Gasteiger partial charge is 0.102 e. The minimum atomic E-state index is 0.392. The molecule has 0 radical (unpaired) electrons. The number of thiazole rings is 1. The van der Waals surface area contributed by atoms with Crippen molar-refractivity contribution in [1.82, 2.24) is 9.97 Å². The maximum absolute atomic E-state index is 8.86. The fourth-order valence-electron chi connectivity index (χ4n) is 1.59. The Morgan fingerprint density at radius 3 is 2.94 bits per heavy atom. The number of rotatable bonds is 0. The Labute approximate surface area is 99.9 Å². The van der Waals surface area contributed by atoms with Crippen molar-refractivity contribution in [1.29, 1.82) is 5.26 Å². The second-order valence-corrected chi connectivity index (χ2v) is 4.55. The van der Waals surface area contributed by atoms with Crippen LogP contribution in [0.5, 0.6) is 0 Å². The monoisotopic (exact) mass is 245 g/mol. The second kappa shape index (κ2) is 3.41. The summed E-state index contributed by atoms with van der Waals surface area (Å²) in [5, 5.41) is 10.1. The highest BCUT2D eigenvalue weighted by atomic mass is 35.5. The number of pyridine rings is 1. The van der Waals surface area contributed by atoms with Gasteiger partial charge in [-0.3, -0.25) is 4.98 Å². The molecule has 0 atom stereocenters. The van der Waals surface area contributed by atoms with Gasteiger partial charge in [-0.25, -0.2) is 4.98 Å². The standard InChI is InChI=1S/C11H4ClN3S/c12-11-6(3-13)4-14-8-2-10-9(1-7(8)11)15-5-16-10/h1-2,4-5H. The molecule has 0 spiro atoms. The van der Waals surface area contributed by atoms with Gasteiger partial charge >= 0.3 is 0 Å². The van der Waals surface area contributed by atoms with Crippen LogP contribution in [0.15, 0.2) is 23.8 Å². The van der Waals surface area contributed by atoms with Crippen LogP contribution >= 0.6 is 22.9 Å². The number of benzene rings is 1. The Morgan fingerprint density at radius 1 is 1.25 bits per heavy atom. The lowest BCUT2D eigenvalue weighted by Gasteiger charge is -2.01. The number of hydrogen-bond donors (Lipinski definition) is 0. The Kier molecular flexibility index (Phi) is 2.03. The molecule has 3 nitrogen and oxygen atoms in total. The number of hydrogen-bond acceptors (Lipinski definition) is 4. The molecule has 2 aromatic heterocycles. The van der Waals surface area contributed by atoms with Crippen molar-refractivity contribution in [2.45, 2.75) is 0 Å². The summed E-state index contributed by atoms with van der Waals surface area (Å²) in [6.45, 7) is 0. The molecule has 3 aromatic rings. The van der Waals surface area contributed by atoms with Crippen LogP contribution in [0.2, 0.25) is 5.02 Å². The Morgan fingerprint density at radius 2 is 2.12 bits per heavy atom. The van der Waals surface area contributed by atoms with Gasteiger partial charge in [-0.1, -0.05) is 11.6 Å². The van der Waals surface area contributed by atoms with Gasteiger partial charge in [-0.15, -0.1) is 11.3 Å². The van der Waals surface area contributed by atoms with Gasteiger partial charge < -0.3 is 0 Å². The minimum absolute atomic E-state index is 0.392. The molecular weight excluding hydrogens is 242 g/mol. The van der Waals surface area contributed by atoms with E-state index in [9.17, 15) is 0 Å². The first-order chi connectivity index (χ1) is 7.79. The van der Waals surface area contributed by atoms with Gasteiger partial charge in [0.2, 0.25) is 0 Å². The largest absolute Gasteiger partial charge is 0.255 e. The van der Waals surface area contributed by atoms with Crippen molar-refractivity contribution in [2.75, 3.05) is 0 Å². The zero-order chi connectivity index (χ0) is 11.1. The zero-order valence-electron chi connectivity index (χ0n) is 7.94. The normalized spacial score (nSPS) is 10.8. The second-order valence-electron chi connectivity index (χ2n) is 3.29. The molecule has 0 saturated heterocycles. The molecule has 0 N–H and O–H groups in total. The maximum atomic E-state index is 8.86. The molecule has 76 valence electrons. The van der Waals surface area contributed by atoms with Gasteiger partial charge in [-0.05, 0) is 12.1 Å². The minimum Gasteiger partial charge on any atom is -0.255 e. The molecule has 5 heteroatoms. The molecule has 0 aliphatic rings. The summed E-state index contributed by atoms with van der Waals surface area (Å²) < 4.78 is 1.07. The maximum Gasteiger partial charge on any atom is 0.102 e. The lowest BCUT2D eigenvalue weighted by Crippen LogP contribution is -1.85. The molecule has 3 rings (SSSR count). The van der Waals surface area contributed by atoms with E-state index in [4.69, 9.17) is 16.9 Å². The highest BCUT2D eigenvalue weighted by Crippen LogP contribution is 2.30. The Balaban J connectivity index is 2.51. The van der Waals surface area contributed by atoms with Crippen LogP contribution < -0.4 is 0 Å². The third-order valence-electron chi connectivity index (χ3n) is 2.37. The van der Waals surface area contributed by atoms with Crippen LogP contribution in [-0.2, 0) is 0 Å². The third kappa shape index (κ3) is 1.26. The van der Waals surface area contributed by atoms with Gasteiger partial charge in [0, 0.05) is 11.6 Å². The Bertz CT molecular complexity index is 742. The molecule has 0 unspecified atom stereocenters. The van der Waals surface area contributed by atoms with E-state index in [2.05, 4.69) is 9.97 Å². The summed E-state index contributed by atoms with van der Waals surface area (Å²) in [6, 6.07) is 5.83. The zero-order valence-corrected chi connectivity index (χ0v) is 9.51. The summed E-state index contributed by atoms with van der Waals surface area (Å²) in [6.07, 6.45) is 1.50. The first-order valence-electron chi connectivity index (χ1n) is 4.51. The van der Waals surface area contributed by atoms with Gasteiger partial charge in [0.25, 0.3) is 0 Å². The van der Waals surface area contributed by atoms with Crippen molar-refractivity contribution in [3.05, 3.63) is 34.4 Å². The highest BCUT2D eigenvalue weighted by Gasteiger charge is 2.08. The fourth-order valence-corrected chi connectivity index (χ4v) is 2.52. The number of halogens is 1. The molecular formula is C11H4ClN3S. The quantitative estimate of drug-likeness (QED) is 0.610. The van der Waals surface area contributed by atoms with Gasteiger partial charge in [0.1, 0.15) is 6.07 Å². The van der Waals surface area contributed by atoms with Crippen LogP contribution in [0.25, 0.3) is 21.1 Å². The van der Waals surface area contributed by atoms with E-state index in [1.165, 1.54) is 6.20 Å². The lowest BCUT2D eigenvalue weighted by atomic mass is 10.1. The van der Waals surface area contributed by atoms with Crippen LogP contribution in [0.3, 0.4) is 0 Å². The molecule has 0 bridgehead atoms. The van der Waals surface area contributed by atoms with Crippen LogP contribution in [0, 0.1) is 11.3 Å². The summed E-state index contributed by atoms with van der Waals surface area (Å²) in [5.74, 6) is 0. The van der Waals surface area contributed by atoms with Gasteiger partial charge in [0.05, 0.1) is 31.8 Å². The Hall–Kier alpha value is -1.70. The van der Waals surface area contributed by atoms with Crippen LogP contribution in [0.4, 0.5) is 0 Å². The number of aromatic nitrogens is 2. The van der Waals surface area contributed by atoms with E-state index in [-0.39, 0.29) is 0 Å². The highest BCUT2D eigenvalue weighted by molar-refractivity contribution is 7.16. The van der Waals surface area contributed by atoms with Gasteiger partial charge in [-0.2, -0.15) is 5.26 Å². The van der Waals surface area contributed by atoms with Crippen molar-refractivity contribution in [2.24, 2.45) is 0 Å². The molecule has 16 heavy (non-hydrogen) atoms. The summed E-state index contributed by atoms with van der Waals surface area (Å²) in [4.78, 5) is 8.43. The predicted octanol–water partition coefficient (Wildman–Crippen LogP) is 3.37. The molecule has 0 amide bonds. The summed E-state index contributed by atoms with van der Waals surface area (Å²) in [5.41, 5.74) is 3.85. The average molecular weight is 246 g/mol. The first-order valence-corrected chi connectivity index (χ1v) is 5.77. The molecule has 0 aliphatic carbocycles. The fraction of sp³-hybridized carbons (Fsp3) is 0.